The van der Waals surface area contributed by atoms with Gasteiger partial charge in [0, 0.05) is 16.8 Å². The van der Waals surface area contributed by atoms with Gasteiger partial charge in [-0.15, -0.1) is 0 Å². The average Bonchev–Trinajstić information content (AvgIpc) is 2.77. The first-order chi connectivity index (χ1) is 16.3. The van der Waals surface area contributed by atoms with Crippen LogP contribution < -0.4 is 16.0 Å². The molecule has 0 bridgehead atoms. The highest BCUT2D eigenvalue weighted by Crippen LogP contribution is 2.44. The van der Waals surface area contributed by atoms with Crippen molar-refractivity contribution in [2.75, 3.05) is 10.2 Å². The zero-order chi connectivity index (χ0) is 25.7. The standard InChI is InChI=1S/C23H16F6N4O2/c24-22(25,26)13-6-2-1-5-11(13)17-12(20(34)35)9-10-15-18(17)19(30)33(21(31)32-15)16-8-4-3-7-14(16)23(27,28)29/h1-10,21,30,32H,31H2,(H,34,35). The number of rotatable bonds is 3. The number of nitrogens with zero attached hydrogens (tertiary/aromatic N) is 1. The third-order valence-electron chi connectivity index (χ3n) is 5.47. The van der Waals surface area contributed by atoms with Crippen LogP contribution in [-0.4, -0.2) is 23.2 Å². The second kappa shape index (κ2) is 8.31. The second-order valence-electron chi connectivity index (χ2n) is 7.58. The first-order valence-electron chi connectivity index (χ1n) is 9.95. The van der Waals surface area contributed by atoms with Crippen LogP contribution in [-0.2, 0) is 12.4 Å². The van der Waals surface area contributed by atoms with Crippen molar-refractivity contribution in [2.45, 2.75) is 18.6 Å². The van der Waals surface area contributed by atoms with Crippen molar-refractivity contribution >= 4 is 23.2 Å². The molecule has 1 aliphatic rings. The van der Waals surface area contributed by atoms with Gasteiger partial charge < -0.3 is 10.4 Å². The van der Waals surface area contributed by atoms with Crippen molar-refractivity contribution in [1.29, 1.82) is 5.41 Å². The number of nitrogens with two attached hydrogens (primary N) is 1. The van der Waals surface area contributed by atoms with Gasteiger partial charge in [-0.25, -0.2) is 4.79 Å². The molecule has 1 unspecified atom stereocenters. The van der Waals surface area contributed by atoms with Gasteiger partial charge in [-0.3, -0.25) is 16.0 Å². The highest BCUT2D eigenvalue weighted by molar-refractivity contribution is 6.20. The first kappa shape index (κ1) is 24.1. The SMILES string of the molecule is N=C1c2c(ccc(C(=O)O)c2-c2ccccc2C(F)(F)F)NC(N)N1c1ccccc1C(F)(F)F. The number of hydrogen-bond acceptors (Lipinski definition) is 4. The number of para-hydroxylation sites is 1. The maximum absolute atomic E-state index is 13.8. The Hall–Kier alpha value is -4.06. The number of nitrogens with one attached hydrogen (secondary N) is 2. The smallest absolute Gasteiger partial charge is 0.418 e. The molecular weight excluding hydrogens is 478 g/mol. The Kier molecular flexibility index (Phi) is 5.71. The summed E-state index contributed by atoms with van der Waals surface area (Å²) in [7, 11) is 0. The lowest BCUT2D eigenvalue weighted by molar-refractivity contribution is -0.137. The first-order valence-corrected chi connectivity index (χ1v) is 9.95. The third-order valence-corrected chi connectivity index (χ3v) is 5.47. The molecule has 6 nitrogen and oxygen atoms in total. The Bertz CT molecular complexity index is 1340. The molecule has 5 N–H and O–H groups in total. The fourth-order valence-corrected chi connectivity index (χ4v) is 4.05. The number of benzene rings is 3. The van der Waals surface area contributed by atoms with E-state index in [0.717, 1.165) is 47.4 Å². The molecular formula is C23H16F6N4O2. The summed E-state index contributed by atoms with van der Waals surface area (Å²) >= 11 is 0. The minimum atomic E-state index is -4.88. The van der Waals surface area contributed by atoms with E-state index in [1.807, 2.05) is 0 Å². The van der Waals surface area contributed by atoms with Crippen LogP contribution in [0.5, 0.6) is 0 Å². The number of carbonyl (C=O) groups is 1. The average molecular weight is 494 g/mol. The largest absolute Gasteiger partial charge is 0.478 e. The lowest BCUT2D eigenvalue weighted by Gasteiger charge is -2.39. The molecule has 0 spiro atoms. The van der Waals surface area contributed by atoms with E-state index in [0.29, 0.717) is 0 Å². The topological polar surface area (TPSA) is 102 Å². The van der Waals surface area contributed by atoms with Gasteiger partial charge >= 0.3 is 18.3 Å². The van der Waals surface area contributed by atoms with Crippen molar-refractivity contribution in [3.8, 4) is 11.1 Å². The molecule has 0 saturated heterocycles. The summed E-state index contributed by atoms with van der Waals surface area (Å²) in [6.07, 6.45) is -11.1. The molecule has 4 rings (SSSR count). The number of fused-ring (bicyclic) bond motifs is 1. The summed E-state index contributed by atoms with van der Waals surface area (Å²) < 4.78 is 82.5. The van der Waals surface area contributed by atoms with Gasteiger partial charge in [-0.1, -0.05) is 30.3 Å². The molecule has 0 amide bonds. The Morgan fingerprint density at radius 2 is 1.46 bits per heavy atom. The normalized spacial score (nSPS) is 16.0. The molecule has 0 radical (unpaired) electrons. The summed E-state index contributed by atoms with van der Waals surface area (Å²) in [6.45, 7) is 0. The third kappa shape index (κ3) is 4.16. The van der Waals surface area contributed by atoms with Crippen LogP contribution in [0.3, 0.4) is 0 Å². The van der Waals surface area contributed by atoms with E-state index >= 15 is 0 Å². The highest BCUT2D eigenvalue weighted by Gasteiger charge is 2.41. The monoisotopic (exact) mass is 494 g/mol. The van der Waals surface area contributed by atoms with Crippen molar-refractivity contribution in [3.63, 3.8) is 0 Å². The Morgan fingerprint density at radius 3 is 2.06 bits per heavy atom. The summed E-state index contributed by atoms with van der Waals surface area (Å²) in [4.78, 5) is 12.8. The Labute approximate surface area is 194 Å². The molecule has 182 valence electrons. The van der Waals surface area contributed by atoms with Gasteiger partial charge in [-0.2, -0.15) is 26.3 Å². The quantitative estimate of drug-likeness (QED) is 0.356. The zero-order valence-electron chi connectivity index (χ0n) is 17.5. The summed E-state index contributed by atoms with van der Waals surface area (Å²) in [5.74, 6) is -2.28. The van der Waals surface area contributed by atoms with Crippen LogP contribution in [0.1, 0.15) is 27.0 Å². The van der Waals surface area contributed by atoms with Crippen molar-refractivity contribution < 1.29 is 36.2 Å². The number of anilines is 2. The van der Waals surface area contributed by atoms with Gasteiger partial charge in [0.1, 0.15) is 5.84 Å². The van der Waals surface area contributed by atoms with Gasteiger partial charge in [0.25, 0.3) is 0 Å². The number of halogens is 6. The predicted molar refractivity (Wildman–Crippen MR) is 116 cm³/mol. The molecule has 0 saturated carbocycles. The molecule has 35 heavy (non-hydrogen) atoms. The van der Waals surface area contributed by atoms with Crippen LogP contribution in [0, 0.1) is 5.41 Å². The molecule has 0 fully saturated rings. The number of alkyl halides is 6. The fraction of sp³-hybridized carbons (Fsp3) is 0.130. The van der Waals surface area contributed by atoms with Crippen molar-refractivity contribution in [3.05, 3.63) is 82.9 Å². The van der Waals surface area contributed by atoms with Gasteiger partial charge in [0.05, 0.1) is 22.4 Å². The maximum atomic E-state index is 13.8. The molecule has 1 heterocycles. The van der Waals surface area contributed by atoms with E-state index in [2.05, 4.69) is 5.32 Å². The van der Waals surface area contributed by atoms with E-state index < -0.39 is 64.0 Å². The summed E-state index contributed by atoms with van der Waals surface area (Å²) in [5.41, 5.74) is 1.30. The molecule has 3 aromatic carbocycles. The molecule has 0 aromatic heterocycles. The highest BCUT2D eigenvalue weighted by atomic mass is 19.4. The van der Waals surface area contributed by atoms with Crippen LogP contribution in [0.2, 0.25) is 0 Å². The molecule has 12 heteroatoms. The van der Waals surface area contributed by atoms with Crippen molar-refractivity contribution in [2.24, 2.45) is 5.73 Å². The number of amidine groups is 1. The van der Waals surface area contributed by atoms with Crippen molar-refractivity contribution in [1.82, 2.24) is 0 Å². The number of hydrogen-bond donors (Lipinski definition) is 4. The van der Waals surface area contributed by atoms with E-state index in [4.69, 9.17) is 11.1 Å². The second-order valence-corrected chi connectivity index (χ2v) is 7.58. The summed E-state index contributed by atoms with van der Waals surface area (Å²) in [5, 5.41) is 21.1. The lowest BCUT2D eigenvalue weighted by atomic mass is 9.88. The van der Waals surface area contributed by atoms with Crippen LogP contribution in [0.4, 0.5) is 37.7 Å². The lowest BCUT2D eigenvalue weighted by Crippen LogP contribution is -2.55. The van der Waals surface area contributed by atoms with E-state index in [1.54, 1.807) is 0 Å². The van der Waals surface area contributed by atoms with Crippen LogP contribution in [0.15, 0.2) is 60.7 Å². The van der Waals surface area contributed by atoms with E-state index in [-0.39, 0.29) is 11.3 Å². The Balaban J connectivity index is 2.03. The maximum Gasteiger partial charge on any atom is 0.418 e. The number of aromatic carboxylic acids is 1. The molecule has 0 aliphatic carbocycles. The fourth-order valence-electron chi connectivity index (χ4n) is 4.05. The predicted octanol–water partition coefficient (Wildman–Crippen LogP) is 5.59. The van der Waals surface area contributed by atoms with Crippen LogP contribution in [0.25, 0.3) is 11.1 Å². The zero-order valence-corrected chi connectivity index (χ0v) is 17.5. The number of carboxylic acids is 1. The summed E-state index contributed by atoms with van der Waals surface area (Å²) in [6, 6.07) is 10.7. The van der Waals surface area contributed by atoms with Gasteiger partial charge in [-0.05, 0) is 35.9 Å². The van der Waals surface area contributed by atoms with Crippen LogP contribution >= 0.6 is 0 Å². The van der Waals surface area contributed by atoms with E-state index in [9.17, 15) is 36.2 Å². The minimum Gasteiger partial charge on any atom is -0.478 e. The minimum absolute atomic E-state index is 0.000201. The van der Waals surface area contributed by atoms with E-state index in [1.165, 1.54) is 18.2 Å². The van der Waals surface area contributed by atoms with Gasteiger partial charge in [0.2, 0.25) is 0 Å². The Morgan fingerprint density at radius 1 is 0.886 bits per heavy atom. The molecule has 1 atom stereocenters. The molecule has 3 aromatic rings. The number of carboxylic acid groups (broad SMARTS) is 1. The van der Waals surface area contributed by atoms with Gasteiger partial charge in [0.15, 0.2) is 6.29 Å². The molecule has 1 aliphatic heterocycles.